The summed E-state index contributed by atoms with van der Waals surface area (Å²) in [7, 11) is 1.73. The summed E-state index contributed by atoms with van der Waals surface area (Å²) < 4.78 is 4.98. The fourth-order valence-electron chi connectivity index (χ4n) is 1.24. The highest BCUT2D eigenvalue weighted by Crippen LogP contribution is 2.13. The number of aliphatic hydroxyl groups is 1. The fourth-order valence-corrected chi connectivity index (χ4v) is 2.13. The Morgan fingerprint density at radius 1 is 1.20 bits per heavy atom. The Labute approximate surface area is 95.7 Å². The second kappa shape index (κ2) is 7.74. The molecule has 1 aromatic carbocycles. The summed E-state index contributed by atoms with van der Waals surface area (Å²) in [5.41, 5.74) is 2.29. The van der Waals surface area contributed by atoms with E-state index < -0.39 is 0 Å². The summed E-state index contributed by atoms with van der Waals surface area (Å²) >= 11 is 1.92. The van der Waals surface area contributed by atoms with Gasteiger partial charge in [0, 0.05) is 19.5 Å². The van der Waals surface area contributed by atoms with Gasteiger partial charge in [0.2, 0.25) is 0 Å². The third-order valence-corrected chi connectivity index (χ3v) is 3.23. The van der Waals surface area contributed by atoms with Crippen LogP contribution in [0, 0.1) is 0 Å². The second-order valence-electron chi connectivity index (χ2n) is 3.37. The maximum atomic E-state index is 8.88. The van der Waals surface area contributed by atoms with Crippen molar-refractivity contribution in [3.8, 4) is 0 Å². The first-order chi connectivity index (χ1) is 7.36. The lowest BCUT2D eigenvalue weighted by Gasteiger charge is -2.02. The molecular weight excluding hydrogens is 208 g/mol. The van der Waals surface area contributed by atoms with Gasteiger partial charge in [0.15, 0.2) is 0 Å². The Morgan fingerprint density at radius 3 is 2.47 bits per heavy atom. The first-order valence-electron chi connectivity index (χ1n) is 5.12. The van der Waals surface area contributed by atoms with E-state index >= 15 is 0 Å². The van der Waals surface area contributed by atoms with E-state index in [4.69, 9.17) is 9.84 Å². The molecule has 0 aliphatic heterocycles. The average Bonchev–Trinajstić information content (AvgIpc) is 2.30. The summed E-state index contributed by atoms with van der Waals surface area (Å²) in [5, 5.41) is 8.88. The summed E-state index contributed by atoms with van der Waals surface area (Å²) in [6.07, 6.45) is 1.11. The number of aliphatic hydroxyl groups excluding tert-OH is 1. The maximum Gasteiger partial charge on any atom is 0.0681 e. The van der Waals surface area contributed by atoms with Gasteiger partial charge in [-0.1, -0.05) is 24.3 Å². The van der Waals surface area contributed by atoms with Gasteiger partial charge in [-0.05, 0) is 23.3 Å². The SMILES string of the molecule is COCCCSCc1ccc(CO)cc1. The minimum absolute atomic E-state index is 0.126. The molecule has 0 fully saturated rings. The molecule has 0 aliphatic carbocycles. The zero-order valence-corrected chi connectivity index (χ0v) is 9.93. The molecule has 1 rings (SSSR count). The van der Waals surface area contributed by atoms with Crippen molar-refractivity contribution in [2.75, 3.05) is 19.5 Å². The third kappa shape index (κ3) is 5.21. The van der Waals surface area contributed by atoms with Crippen LogP contribution in [0.15, 0.2) is 24.3 Å². The van der Waals surface area contributed by atoms with Gasteiger partial charge in [-0.15, -0.1) is 0 Å². The van der Waals surface area contributed by atoms with Gasteiger partial charge >= 0.3 is 0 Å². The van der Waals surface area contributed by atoms with Crippen molar-refractivity contribution in [2.24, 2.45) is 0 Å². The molecular formula is C12H18O2S. The maximum absolute atomic E-state index is 8.88. The smallest absolute Gasteiger partial charge is 0.0681 e. The molecule has 0 radical (unpaired) electrons. The standard InChI is InChI=1S/C12H18O2S/c1-14-7-2-8-15-10-12-5-3-11(9-13)4-6-12/h3-6,13H,2,7-10H2,1H3. The Kier molecular flexibility index (Phi) is 6.48. The Balaban J connectivity index is 2.20. The van der Waals surface area contributed by atoms with E-state index in [9.17, 15) is 0 Å². The minimum atomic E-state index is 0.126. The zero-order valence-electron chi connectivity index (χ0n) is 9.11. The van der Waals surface area contributed by atoms with Gasteiger partial charge < -0.3 is 9.84 Å². The molecule has 1 N–H and O–H groups in total. The normalized spacial score (nSPS) is 10.5. The first-order valence-corrected chi connectivity index (χ1v) is 6.27. The number of hydrogen-bond acceptors (Lipinski definition) is 3. The van der Waals surface area contributed by atoms with E-state index in [2.05, 4.69) is 12.1 Å². The molecule has 0 amide bonds. The molecule has 0 unspecified atom stereocenters. The van der Waals surface area contributed by atoms with Crippen LogP contribution in [0.25, 0.3) is 0 Å². The van der Waals surface area contributed by atoms with E-state index in [0.29, 0.717) is 0 Å². The monoisotopic (exact) mass is 226 g/mol. The molecule has 0 heterocycles. The number of rotatable bonds is 7. The molecule has 0 atom stereocenters. The van der Waals surface area contributed by atoms with Crippen LogP contribution in [0.5, 0.6) is 0 Å². The summed E-state index contributed by atoms with van der Waals surface area (Å²) in [4.78, 5) is 0. The highest BCUT2D eigenvalue weighted by atomic mass is 32.2. The van der Waals surface area contributed by atoms with Crippen LogP contribution in [0.4, 0.5) is 0 Å². The van der Waals surface area contributed by atoms with Gasteiger partial charge in [0.25, 0.3) is 0 Å². The lowest BCUT2D eigenvalue weighted by atomic mass is 10.2. The molecule has 2 nitrogen and oxygen atoms in total. The van der Waals surface area contributed by atoms with Crippen LogP contribution in [0.1, 0.15) is 17.5 Å². The van der Waals surface area contributed by atoms with Crippen molar-refractivity contribution in [3.63, 3.8) is 0 Å². The van der Waals surface area contributed by atoms with Crippen molar-refractivity contribution < 1.29 is 9.84 Å². The van der Waals surface area contributed by atoms with Crippen LogP contribution in [-0.2, 0) is 17.1 Å². The number of methoxy groups -OCH3 is 1. The Bertz CT molecular complexity index is 259. The molecule has 3 heteroatoms. The van der Waals surface area contributed by atoms with Gasteiger partial charge in [0.05, 0.1) is 6.61 Å². The molecule has 0 saturated heterocycles. The third-order valence-electron chi connectivity index (χ3n) is 2.11. The zero-order chi connectivity index (χ0) is 10.9. The molecule has 0 aromatic heterocycles. The predicted molar refractivity (Wildman–Crippen MR) is 65.0 cm³/mol. The van der Waals surface area contributed by atoms with Gasteiger partial charge in [-0.3, -0.25) is 0 Å². The molecule has 0 spiro atoms. The van der Waals surface area contributed by atoms with Crippen molar-refractivity contribution in [3.05, 3.63) is 35.4 Å². The van der Waals surface area contributed by atoms with Crippen LogP contribution in [-0.4, -0.2) is 24.6 Å². The van der Waals surface area contributed by atoms with Gasteiger partial charge in [-0.2, -0.15) is 11.8 Å². The first kappa shape index (κ1) is 12.6. The lowest BCUT2D eigenvalue weighted by Crippen LogP contribution is -1.91. The lowest BCUT2D eigenvalue weighted by molar-refractivity contribution is 0.200. The van der Waals surface area contributed by atoms with E-state index in [1.54, 1.807) is 7.11 Å². The number of benzene rings is 1. The van der Waals surface area contributed by atoms with Gasteiger partial charge in [-0.25, -0.2) is 0 Å². The molecule has 0 bridgehead atoms. The van der Waals surface area contributed by atoms with Crippen molar-refractivity contribution >= 4 is 11.8 Å². The minimum Gasteiger partial charge on any atom is -0.392 e. The molecule has 84 valence electrons. The van der Waals surface area contributed by atoms with E-state index in [-0.39, 0.29) is 6.61 Å². The molecule has 0 saturated carbocycles. The van der Waals surface area contributed by atoms with Crippen molar-refractivity contribution in [1.82, 2.24) is 0 Å². The largest absolute Gasteiger partial charge is 0.392 e. The van der Waals surface area contributed by atoms with E-state index in [1.165, 1.54) is 5.56 Å². The van der Waals surface area contributed by atoms with Crippen LogP contribution in [0.2, 0.25) is 0 Å². The quantitative estimate of drug-likeness (QED) is 0.724. The fraction of sp³-hybridized carbons (Fsp3) is 0.500. The van der Waals surface area contributed by atoms with Gasteiger partial charge in [0.1, 0.15) is 0 Å². The van der Waals surface area contributed by atoms with E-state index in [0.717, 1.165) is 30.1 Å². The van der Waals surface area contributed by atoms with Crippen LogP contribution < -0.4 is 0 Å². The number of hydrogen-bond donors (Lipinski definition) is 1. The molecule has 15 heavy (non-hydrogen) atoms. The highest BCUT2D eigenvalue weighted by Gasteiger charge is 1.94. The topological polar surface area (TPSA) is 29.5 Å². The summed E-state index contributed by atoms with van der Waals surface area (Å²) in [6.45, 7) is 0.970. The molecule has 1 aromatic rings. The highest BCUT2D eigenvalue weighted by molar-refractivity contribution is 7.98. The average molecular weight is 226 g/mol. The van der Waals surface area contributed by atoms with Crippen LogP contribution >= 0.6 is 11.8 Å². The Morgan fingerprint density at radius 2 is 1.87 bits per heavy atom. The van der Waals surface area contributed by atoms with E-state index in [1.807, 2.05) is 23.9 Å². The van der Waals surface area contributed by atoms with Crippen molar-refractivity contribution in [1.29, 1.82) is 0 Å². The van der Waals surface area contributed by atoms with Crippen LogP contribution in [0.3, 0.4) is 0 Å². The van der Waals surface area contributed by atoms with Crippen molar-refractivity contribution in [2.45, 2.75) is 18.8 Å². The predicted octanol–water partition coefficient (Wildman–Crippen LogP) is 2.45. The summed E-state index contributed by atoms with van der Waals surface area (Å²) in [5.74, 6) is 2.17. The number of thioether (sulfide) groups is 1. The summed E-state index contributed by atoms with van der Waals surface area (Å²) in [6, 6.07) is 8.11. The second-order valence-corrected chi connectivity index (χ2v) is 4.48. The Hall–Kier alpha value is -0.510. The number of ether oxygens (including phenoxy) is 1. The molecule has 0 aliphatic rings.